The van der Waals surface area contributed by atoms with Gasteiger partial charge in [0.05, 0.1) is 11.6 Å². The van der Waals surface area contributed by atoms with E-state index in [9.17, 15) is 9.59 Å². The van der Waals surface area contributed by atoms with Gasteiger partial charge in [-0.25, -0.2) is 4.79 Å². The maximum Gasteiger partial charge on any atom is 0.338 e. The number of likely N-dealkylation sites (N-methyl/N-ethyl adjacent to an activating group) is 1. The summed E-state index contributed by atoms with van der Waals surface area (Å²) in [6.07, 6.45) is 2.00. The van der Waals surface area contributed by atoms with Gasteiger partial charge in [0.2, 0.25) is 0 Å². The van der Waals surface area contributed by atoms with E-state index in [1.165, 1.54) is 6.92 Å². The summed E-state index contributed by atoms with van der Waals surface area (Å²) in [5.74, 6) is -0.592. The van der Waals surface area contributed by atoms with Gasteiger partial charge >= 0.3 is 11.9 Å². The first kappa shape index (κ1) is 16.3. The first-order valence-corrected chi connectivity index (χ1v) is 8.17. The zero-order valence-corrected chi connectivity index (χ0v) is 14.0. The third-order valence-corrected chi connectivity index (χ3v) is 4.99. The molecule has 2 heterocycles. The second kappa shape index (κ2) is 6.49. The van der Waals surface area contributed by atoms with Gasteiger partial charge in [-0.05, 0) is 31.3 Å². The average molecular weight is 338 g/mol. The summed E-state index contributed by atoms with van der Waals surface area (Å²) < 4.78 is 11.1. The van der Waals surface area contributed by atoms with Gasteiger partial charge in [-0.3, -0.25) is 9.69 Å². The lowest BCUT2D eigenvalue weighted by molar-refractivity contribution is -0.147. The molecular weight excluding hydrogens is 318 g/mol. The van der Waals surface area contributed by atoms with Crippen LogP contribution in [0.25, 0.3) is 0 Å². The fourth-order valence-electron chi connectivity index (χ4n) is 3.62. The van der Waals surface area contributed by atoms with Gasteiger partial charge in [-0.15, -0.1) is 0 Å². The standard InChI is InChI=1S/C17H20ClNO4/c1-10(20)22-16-8-13-7-14(9-15(16)19(13)2)23-17(21)11-3-5-12(18)6-4-11/h3-6,13-16H,7-9H2,1-2H3/t13?,14?,15?,16-/m0/s1. The first-order valence-electron chi connectivity index (χ1n) is 7.79. The summed E-state index contributed by atoms with van der Waals surface area (Å²) in [5, 5.41) is 0.586. The number of hydrogen-bond donors (Lipinski definition) is 0. The number of nitrogens with zero attached hydrogens (tertiary/aromatic N) is 1. The molecule has 1 aromatic carbocycles. The minimum atomic E-state index is -0.334. The molecule has 2 fully saturated rings. The molecule has 0 saturated carbocycles. The predicted molar refractivity (Wildman–Crippen MR) is 85.4 cm³/mol. The molecule has 2 saturated heterocycles. The molecule has 0 spiro atoms. The van der Waals surface area contributed by atoms with Crippen molar-refractivity contribution >= 4 is 23.5 Å². The maximum absolute atomic E-state index is 12.2. The van der Waals surface area contributed by atoms with Crippen LogP contribution in [-0.4, -0.2) is 48.2 Å². The van der Waals surface area contributed by atoms with Crippen LogP contribution in [0.3, 0.4) is 0 Å². The van der Waals surface area contributed by atoms with Crippen molar-refractivity contribution in [3.05, 3.63) is 34.9 Å². The zero-order valence-electron chi connectivity index (χ0n) is 13.2. The van der Waals surface area contributed by atoms with E-state index in [-0.39, 0.29) is 36.2 Å². The summed E-state index contributed by atoms with van der Waals surface area (Å²) >= 11 is 5.83. The van der Waals surface area contributed by atoms with E-state index in [4.69, 9.17) is 21.1 Å². The monoisotopic (exact) mass is 337 g/mol. The summed E-state index contributed by atoms with van der Waals surface area (Å²) in [4.78, 5) is 25.7. The smallest absolute Gasteiger partial charge is 0.338 e. The molecular formula is C17H20ClNO4. The lowest BCUT2D eigenvalue weighted by Gasteiger charge is -2.36. The van der Waals surface area contributed by atoms with E-state index in [1.807, 2.05) is 7.05 Å². The Hall–Kier alpha value is -1.59. The molecule has 3 rings (SSSR count). The van der Waals surface area contributed by atoms with Crippen LogP contribution in [0.1, 0.15) is 36.5 Å². The second-order valence-electron chi connectivity index (χ2n) is 6.28. The summed E-state index contributed by atoms with van der Waals surface area (Å²) in [6, 6.07) is 7.06. The van der Waals surface area contributed by atoms with Crippen molar-refractivity contribution in [3.63, 3.8) is 0 Å². The largest absolute Gasteiger partial charge is 0.461 e. The Balaban J connectivity index is 1.64. The third kappa shape index (κ3) is 3.51. The van der Waals surface area contributed by atoms with Crippen LogP contribution in [0.5, 0.6) is 0 Å². The first-order chi connectivity index (χ1) is 10.9. The minimum absolute atomic E-state index is 0.110. The van der Waals surface area contributed by atoms with Crippen molar-refractivity contribution in [1.82, 2.24) is 4.90 Å². The van der Waals surface area contributed by atoms with Crippen LogP contribution in [0.15, 0.2) is 24.3 Å². The van der Waals surface area contributed by atoms with Gasteiger partial charge in [0.25, 0.3) is 0 Å². The molecule has 4 atom stereocenters. The van der Waals surface area contributed by atoms with Gasteiger partial charge in [-0.1, -0.05) is 11.6 Å². The number of benzene rings is 1. The van der Waals surface area contributed by atoms with Gasteiger partial charge in [0.15, 0.2) is 0 Å². The molecule has 5 nitrogen and oxygen atoms in total. The average Bonchev–Trinajstić information content (AvgIpc) is 2.67. The molecule has 1 aromatic rings. The third-order valence-electron chi connectivity index (χ3n) is 4.74. The Bertz CT molecular complexity index is 603. The molecule has 0 aliphatic carbocycles. The molecule has 124 valence electrons. The van der Waals surface area contributed by atoms with E-state index in [0.717, 1.165) is 12.8 Å². The van der Waals surface area contributed by atoms with Crippen molar-refractivity contribution in [1.29, 1.82) is 0 Å². The van der Waals surface area contributed by atoms with Crippen molar-refractivity contribution in [2.75, 3.05) is 7.05 Å². The Morgan fingerprint density at radius 3 is 2.48 bits per heavy atom. The van der Waals surface area contributed by atoms with E-state index in [2.05, 4.69) is 4.90 Å². The summed E-state index contributed by atoms with van der Waals surface area (Å²) in [6.45, 7) is 1.43. The topological polar surface area (TPSA) is 55.8 Å². The molecule has 2 bridgehead atoms. The highest BCUT2D eigenvalue weighted by Crippen LogP contribution is 2.37. The fourth-order valence-corrected chi connectivity index (χ4v) is 3.74. The van der Waals surface area contributed by atoms with Crippen LogP contribution < -0.4 is 0 Å². The SMILES string of the molecule is CC(=O)O[C@H]1CC2CC(OC(=O)c3ccc(Cl)cc3)CC1N2C. The molecule has 0 aromatic heterocycles. The molecule has 23 heavy (non-hydrogen) atoms. The normalized spacial score (nSPS) is 30.0. The van der Waals surface area contributed by atoms with Crippen molar-refractivity contribution in [2.24, 2.45) is 0 Å². The van der Waals surface area contributed by atoms with Crippen LogP contribution in [0, 0.1) is 0 Å². The lowest BCUT2D eigenvalue weighted by Crippen LogP contribution is -2.46. The molecule has 3 unspecified atom stereocenters. The number of rotatable bonds is 3. The summed E-state index contributed by atoms with van der Waals surface area (Å²) in [5.41, 5.74) is 0.497. The molecule has 0 amide bonds. The van der Waals surface area contributed by atoms with Gasteiger partial charge in [0, 0.05) is 37.3 Å². The van der Waals surface area contributed by atoms with Crippen LogP contribution in [0.4, 0.5) is 0 Å². The molecule has 6 heteroatoms. The quantitative estimate of drug-likeness (QED) is 0.794. The fraction of sp³-hybridized carbons (Fsp3) is 0.529. The van der Waals surface area contributed by atoms with E-state index in [1.54, 1.807) is 24.3 Å². The predicted octanol–water partition coefficient (Wildman–Crippen LogP) is 2.66. The Kier molecular flexibility index (Phi) is 4.60. The highest BCUT2D eigenvalue weighted by atomic mass is 35.5. The van der Waals surface area contributed by atoms with Gasteiger partial charge < -0.3 is 9.47 Å². The highest BCUT2D eigenvalue weighted by molar-refractivity contribution is 6.30. The second-order valence-corrected chi connectivity index (χ2v) is 6.71. The van der Waals surface area contributed by atoms with Crippen LogP contribution in [0.2, 0.25) is 5.02 Å². The molecule has 0 N–H and O–H groups in total. The number of carbonyl (C=O) groups excluding carboxylic acids is 2. The number of halogens is 1. The number of hydrogen-bond acceptors (Lipinski definition) is 5. The van der Waals surface area contributed by atoms with E-state index < -0.39 is 0 Å². The number of carbonyl (C=O) groups is 2. The van der Waals surface area contributed by atoms with Crippen LogP contribution >= 0.6 is 11.6 Å². The number of piperidine rings is 1. The number of ether oxygens (including phenoxy) is 2. The van der Waals surface area contributed by atoms with Gasteiger partial charge in [0.1, 0.15) is 12.2 Å². The number of fused-ring (bicyclic) bond motifs is 2. The summed E-state index contributed by atoms with van der Waals surface area (Å²) in [7, 11) is 2.04. The number of esters is 2. The highest BCUT2D eigenvalue weighted by Gasteiger charge is 2.47. The Morgan fingerprint density at radius 1 is 1.13 bits per heavy atom. The van der Waals surface area contributed by atoms with Gasteiger partial charge in [-0.2, -0.15) is 0 Å². The minimum Gasteiger partial charge on any atom is -0.461 e. The lowest BCUT2D eigenvalue weighted by atomic mass is 10.00. The zero-order chi connectivity index (χ0) is 16.6. The Morgan fingerprint density at radius 2 is 1.83 bits per heavy atom. The van der Waals surface area contributed by atoms with E-state index in [0.29, 0.717) is 17.0 Å². The van der Waals surface area contributed by atoms with Crippen molar-refractivity contribution < 1.29 is 19.1 Å². The Labute approximate surface area is 140 Å². The molecule has 2 aliphatic rings. The van der Waals surface area contributed by atoms with E-state index >= 15 is 0 Å². The van der Waals surface area contributed by atoms with Crippen molar-refractivity contribution in [3.8, 4) is 0 Å². The molecule has 2 aliphatic heterocycles. The van der Waals surface area contributed by atoms with Crippen LogP contribution in [-0.2, 0) is 14.3 Å². The molecule has 0 radical (unpaired) electrons. The maximum atomic E-state index is 12.2. The van der Waals surface area contributed by atoms with Crippen molar-refractivity contribution in [2.45, 2.75) is 50.5 Å².